The molecule has 0 bridgehead atoms. The van der Waals surface area contributed by atoms with Gasteiger partial charge in [-0.3, -0.25) is 4.98 Å². The van der Waals surface area contributed by atoms with E-state index < -0.39 is 23.7 Å². The minimum Gasteiger partial charge on any atom is -0.611 e. The molecule has 2 heterocycles. The molecule has 2 aromatic rings. The van der Waals surface area contributed by atoms with Gasteiger partial charge in [-0.25, -0.2) is 13.8 Å². The van der Waals surface area contributed by atoms with Gasteiger partial charge in [0.1, 0.15) is 17.2 Å². The number of aromatic nitrogens is 2. The van der Waals surface area contributed by atoms with E-state index in [4.69, 9.17) is 4.74 Å². The predicted molar refractivity (Wildman–Crippen MR) is 80.5 cm³/mol. The second kappa shape index (κ2) is 7.02. The quantitative estimate of drug-likeness (QED) is 0.764. The van der Waals surface area contributed by atoms with Crippen molar-refractivity contribution in [3.63, 3.8) is 0 Å². The third-order valence-electron chi connectivity index (χ3n) is 2.75. The van der Waals surface area contributed by atoms with Gasteiger partial charge < -0.3 is 9.29 Å². The average molecular weight is 326 g/mol. The van der Waals surface area contributed by atoms with E-state index in [1.165, 1.54) is 6.20 Å². The van der Waals surface area contributed by atoms with Crippen molar-refractivity contribution in [3.8, 4) is 17.1 Å². The molecule has 0 aliphatic heterocycles. The Labute approximate surface area is 130 Å². The molecule has 0 fully saturated rings. The van der Waals surface area contributed by atoms with Crippen LogP contribution in [0.15, 0.2) is 41.6 Å². The van der Waals surface area contributed by atoms with Crippen LogP contribution >= 0.6 is 0 Å². The van der Waals surface area contributed by atoms with E-state index in [1.54, 1.807) is 30.5 Å². The molecule has 0 saturated heterocycles. The van der Waals surface area contributed by atoms with Crippen molar-refractivity contribution >= 4 is 11.2 Å². The molecule has 7 heteroatoms. The molecule has 1 atom stereocenters. The SMILES string of the molecule is CC[S+]([O-])c1cccnc1-c1ccc(OCC(C)(F)F)cn1. The van der Waals surface area contributed by atoms with Gasteiger partial charge in [0.15, 0.2) is 11.5 Å². The number of hydrogen-bond donors (Lipinski definition) is 0. The third-order valence-corrected chi connectivity index (χ3v) is 4.09. The number of rotatable bonds is 6. The normalized spacial score (nSPS) is 13.0. The summed E-state index contributed by atoms with van der Waals surface area (Å²) in [6.45, 7) is 1.90. The lowest BCUT2D eigenvalue weighted by Crippen LogP contribution is -2.20. The maximum absolute atomic E-state index is 12.7. The molecule has 0 aromatic carbocycles. The molecule has 1 unspecified atom stereocenters. The molecule has 0 amide bonds. The zero-order valence-corrected chi connectivity index (χ0v) is 13.1. The van der Waals surface area contributed by atoms with Crippen molar-refractivity contribution < 1.29 is 18.1 Å². The Bertz CT molecular complexity index is 618. The predicted octanol–water partition coefficient (Wildman–Crippen LogP) is 3.31. The third kappa shape index (κ3) is 4.38. The highest BCUT2D eigenvalue weighted by Gasteiger charge is 2.22. The van der Waals surface area contributed by atoms with Crippen molar-refractivity contribution in [2.45, 2.75) is 24.7 Å². The van der Waals surface area contributed by atoms with Crippen molar-refractivity contribution in [1.82, 2.24) is 9.97 Å². The van der Waals surface area contributed by atoms with Gasteiger partial charge in [-0.2, -0.15) is 0 Å². The fourth-order valence-electron chi connectivity index (χ4n) is 1.74. The van der Waals surface area contributed by atoms with Crippen molar-refractivity contribution in [2.75, 3.05) is 12.4 Å². The van der Waals surface area contributed by atoms with Crippen molar-refractivity contribution in [2.24, 2.45) is 0 Å². The summed E-state index contributed by atoms with van der Waals surface area (Å²) in [7, 11) is 0. The molecule has 0 radical (unpaired) electrons. The Morgan fingerprint density at radius 1 is 1.27 bits per heavy atom. The molecule has 0 aliphatic carbocycles. The first-order valence-electron chi connectivity index (χ1n) is 6.71. The van der Waals surface area contributed by atoms with Gasteiger partial charge in [0.05, 0.1) is 11.9 Å². The molecule has 22 heavy (non-hydrogen) atoms. The summed E-state index contributed by atoms with van der Waals surface area (Å²) in [5.41, 5.74) is 1.04. The van der Waals surface area contributed by atoms with Crippen LogP contribution in [-0.4, -0.2) is 32.8 Å². The lowest BCUT2D eigenvalue weighted by Gasteiger charge is -2.13. The number of hydrogen-bond acceptors (Lipinski definition) is 4. The van der Waals surface area contributed by atoms with Gasteiger partial charge in [0, 0.05) is 13.1 Å². The first-order chi connectivity index (χ1) is 10.4. The summed E-state index contributed by atoms with van der Waals surface area (Å²) >= 11 is -1.16. The first kappa shape index (κ1) is 16.6. The number of alkyl halides is 2. The highest BCUT2D eigenvalue weighted by Crippen LogP contribution is 2.25. The minimum absolute atomic E-state index is 0.249. The summed E-state index contributed by atoms with van der Waals surface area (Å²) in [5, 5.41) is 0. The Hall–Kier alpha value is -1.73. The maximum atomic E-state index is 12.7. The van der Waals surface area contributed by atoms with Gasteiger partial charge in [-0.05, 0) is 42.4 Å². The van der Waals surface area contributed by atoms with Crippen LogP contribution in [0.5, 0.6) is 5.75 Å². The van der Waals surface area contributed by atoms with E-state index in [1.807, 2.05) is 6.92 Å². The Kier molecular flexibility index (Phi) is 5.31. The van der Waals surface area contributed by atoms with Crippen LogP contribution in [0.3, 0.4) is 0 Å². The van der Waals surface area contributed by atoms with E-state index in [0.29, 0.717) is 22.0 Å². The highest BCUT2D eigenvalue weighted by molar-refractivity contribution is 7.91. The van der Waals surface area contributed by atoms with Crippen molar-refractivity contribution in [1.29, 1.82) is 0 Å². The fourth-order valence-corrected chi connectivity index (χ4v) is 2.65. The standard InChI is InChI=1S/C15H16F2N2O2S/c1-3-22(20)13-5-4-8-18-14(13)12-7-6-11(9-19-12)21-10-15(2,16)17/h4-9H,3,10H2,1-2H3. The largest absolute Gasteiger partial charge is 0.611 e. The van der Waals surface area contributed by atoms with E-state index in [-0.39, 0.29) is 5.75 Å². The zero-order chi connectivity index (χ0) is 16.2. The summed E-state index contributed by atoms with van der Waals surface area (Å²) < 4.78 is 42.5. The Balaban J connectivity index is 2.21. The number of ether oxygens (including phenoxy) is 1. The molecule has 118 valence electrons. The van der Waals surface area contributed by atoms with Crippen LogP contribution in [0.25, 0.3) is 11.4 Å². The fraction of sp³-hybridized carbons (Fsp3) is 0.333. The molecular formula is C15H16F2N2O2S. The van der Waals surface area contributed by atoms with Gasteiger partial charge >= 0.3 is 0 Å². The van der Waals surface area contributed by atoms with Gasteiger partial charge in [0.2, 0.25) is 0 Å². The van der Waals surface area contributed by atoms with Crippen LogP contribution in [0.4, 0.5) is 8.78 Å². The van der Waals surface area contributed by atoms with E-state index >= 15 is 0 Å². The van der Waals surface area contributed by atoms with Crippen LogP contribution in [0.2, 0.25) is 0 Å². The molecule has 2 rings (SSSR count). The number of nitrogens with zero attached hydrogens (tertiary/aromatic N) is 2. The maximum Gasteiger partial charge on any atom is 0.278 e. The monoisotopic (exact) mass is 326 g/mol. The average Bonchev–Trinajstić information content (AvgIpc) is 2.52. The molecule has 0 N–H and O–H groups in total. The number of pyridine rings is 2. The smallest absolute Gasteiger partial charge is 0.278 e. The highest BCUT2D eigenvalue weighted by atomic mass is 32.2. The molecular weight excluding hydrogens is 310 g/mol. The van der Waals surface area contributed by atoms with Gasteiger partial charge in [-0.15, -0.1) is 0 Å². The Morgan fingerprint density at radius 2 is 2.05 bits per heavy atom. The molecule has 0 aliphatic rings. The summed E-state index contributed by atoms with van der Waals surface area (Å²) in [6.07, 6.45) is 2.95. The second-order valence-electron chi connectivity index (χ2n) is 4.72. The van der Waals surface area contributed by atoms with Crippen LogP contribution in [0.1, 0.15) is 13.8 Å². The second-order valence-corrected chi connectivity index (χ2v) is 6.43. The summed E-state index contributed by atoms with van der Waals surface area (Å²) in [4.78, 5) is 8.98. The molecule has 2 aromatic heterocycles. The van der Waals surface area contributed by atoms with E-state index in [0.717, 1.165) is 6.92 Å². The summed E-state index contributed by atoms with van der Waals surface area (Å²) in [6, 6.07) is 6.61. The van der Waals surface area contributed by atoms with Crippen LogP contribution in [-0.2, 0) is 11.2 Å². The minimum atomic E-state index is -2.90. The molecule has 4 nitrogen and oxygen atoms in total. The molecule has 0 saturated carbocycles. The van der Waals surface area contributed by atoms with Crippen molar-refractivity contribution in [3.05, 3.63) is 36.7 Å². The van der Waals surface area contributed by atoms with Gasteiger partial charge in [0.25, 0.3) is 5.92 Å². The van der Waals surface area contributed by atoms with Crippen LogP contribution < -0.4 is 4.74 Å². The lowest BCUT2D eigenvalue weighted by atomic mass is 10.2. The number of halogens is 2. The van der Waals surface area contributed by atoms with E-state index in [2.05, 4.69) is 9.97 Å². The summed E-state index contributed by atoms with van der Waals surface area (Å²) in [5.74, 6) is -2.17. The first-order valence-corrected chi connectivity index (χ1v) is 8.03. The zero-order valence-electron chi connectivity index (χ0n) is 12.3. The topological polar surface area (TPSA) is 58.1 Å². The lowest BCUT2D eigenvalue weighted by molar-refractivity contribution is -0.0230. The van der Waals surface area contributed by atoms with Crippen LogP contribution in [0, 0.1) is 0 Å². The van der Waals surface area contributed by atoms with E-state index in [9.17, 15) is 13.3 Å². The van der Waals surface area contributed by atoms with Gasteiger partial charge in [-0.1, -0.05) is 0 Å². The Morgan fingerprint density at radius 3 is 2.64 bits per heavy atom. The molecule has 0 spiro atoms.